The van der Waals surface area contributed by atoms with E-state index in [9.17, 15) is 0 Å². The minimum absolute atomic E-state index is 0.636. The molecule has 24 heavy (non-hydrogen) atoms. The zero-order valence-corrected chi connectivity index (χ0v) is 13.9. The van der Waals surface area contributed by atoms with Crippen LogP contribution in [0.4, 0.5) is 5.69 Å². The highest BCUT2D eigenvalue weighted by molar-refractivity contribution is 6.12. The fourth-order valence-electron chi connectivity index (χ4n) is 3.47. The summed E-state index contributed by atoms with van der Waals surface area (Å²) in [6.45, 7) is 11.5. The Bertz CT molecular complexity index is 1150. The van der Waals surface area contributed by atoms with Crippen LogP contribution in [0.2, 0.25) is 0 Å². The van der Waals surface area contributed by atoms with E-state index in [1.807, 2.05) is 43.6 Å². The van der Waals surface area contributed by atoms with Gasteiger partial charge in [0.15, 0.2) is 11.9 Å². The van der Waals surface area contributed by atoms with Crippen molar-refractivity contribution in [3.05, 3.63) is 71.2 Å². The Morgan fingerprint density at radius 2 is 1.88 bits per heavy atom. The maximum absolute atomic E-state index is 7.26. The molecule has 0 aliphatic carbocycles. The fourth-order valence-corrected chi connectivity index (χ4v) is 3.47. The summed E-state index contributed by atoms with van der Waals surface area (Å²) < 4.78 is 8.34. The number of furan rings is 1. The lowest BCUT2D eigenvalue weighted by molar-refractivity contribution is -0.660. The van der Waals surface area contributed by atoms with Gasteiger partial charge in [0.2, 0.25) is 5.69 Å². The second kappa shape index (κ2) is 5.21. The molecular formula is C21H17N2O+. The summed E-state index contributed by atoms with van der Waals surface area (Å²) in [5.41, 5.74) is 6.94. The standard InChI is InChI=1S/C21H17N2O/c1-13-11-14(2)20(17-7-5-6-10-23(17)4)21-19(13)16-12-15(22-3)8-9-18(16)24-21/h5-12H,1-2,4H3/q+1. The van der Waals surface area contributed by atoms with E-state index in [2.05, 4.69) is 35.4 Å². The molecule has 0 saturated heterocycles. The van der Waals surface area contributed by atoms with Gasteiger partial charge in [-0.05, 0) is 43.2 Å². The summed E-state index contributed by atoms with van der Waals surface area (Å²) in [6.07, 6.45) is 2.04. The molecule has 0 aliphatic heterocycles. The number of aryl methyl sites for hydroxylation is 3. The zero-order valence-electron chi connectivity index (χ0n) is 13.9. The van der Waals surface area contributed by atoms with Crippen molar-refractivity contribution in [2.45, 2.75) is 13.8 Å². The highest BCUT2D eigenvalue weighted by Gasteiger charge is 2.21. The van der Waals surface area contributed by atoms with Crippen molar-refractivity contribution < 1.29 is 8.98 Å². The molecule has 3 nitrogen and oxygen atoms in total. The lowest BCUT2D eigenvalue weighted by Crippen LogP contribution is -2.30. The molecular weight excluding hydrogens is 296 g/mol. The van der Waals surface area contributed by atoms with E-state index in [4.69, 9.17) is 11.0 Å². The maximum atomic E-state index is 7.26. The maximum Gasteiger partial charge on any atom is 0.216 e. The average molecular weight is 313 g/mol. The van der Waals surface area contributed by atoms with Crippen molar-refractivity contribution in [2.24, 2.45) is 7.05 Å². The number of pyridine rings is 1. The van der Waals surface area contributed by atoms with Crippen LogP contribution in [-0.2, 0) is 7.05 Å². The van der Waals surface area contributed by atoms with Crippen molar-refractivity contribution in [1.29, 1.82) is 0 Å². The SMILES string of the molecule is [C-]#[N+]c1ccc2oc3c(-c4cccc[n+]4C)c(C)cc(C)c3c2c1. The smallest absolute Gasteiger partial charge is 0.216 e. The van der Waals surface area contributed by atoms with E-state index < -0.39 is 0 Å². The second-order valence-electron chi connectivity index (χ2n) is 6.18. The lowest BCUT2D eigenvalue weighted by Gasteiger charge is -2.07. The Morgan fingerprint density at radius 1 is 1.04 bits per heavy atom. The van der Waals surface area contributed by atoms with Crippen LogP contribution < -0.4 is 4.57 Å². The Labute approximate surface area is 140 Å². The number of hydrogen-bond donors (Lipinski definition) is 0. The molecule has 0 radical (unpaired) electrons. The predicted molar refractivity (Wildman–Crippen MR) is 96.1 cm³/mol. The van der Waals surface area contributed by atoms with Gasteiger partial charge in [0.25, 0.3) is 0 Å². The molecule has 0 N–H and O–H groups in total. The molecule has 2 aromatic carbocycles. The highest BCUT2D eigenvalue weighted by atomic mass is 16.3. The Balaban J connectivity index is 2.20. The van der Waals surface area contributed by atoms with E-state index >= 15 is 0 Å². The molecule has 0 aliphatic rings. The first-order valence-electron chi connectivity index (χ1n) is 7.89. The van der Waals surface area contributed by atoms with Gasteiger partial charge in [-0.15, -0.1) is 0 Å². The van der Waals surface area contributed by atoms with E-state index in [1.54, 1.807) is 0 Å². The average Bonchev–Trinajstić information content (AvgIpc) is 2.94. The van der Waals surface area contributed by atoms with Gasteiger partial charge >= 0.3 is 0 Å². The van der Waals surface area contributed by atoms with E-state index in [0.717, 1.165) is 33.2 Å². The third-order valence-corrected chi connectivity index (χ3v) is 4.56. The van der Waals surface area contributed by atoms with Crippen molar-refractivity contribution >= 4 is 27.6 Å². The molecule has 0 fully saturated rings. The first-order chi connectivity index (χ1) is 11.6. The number of hydrogen-bond acceptors (Lipinski definition) is 1. The van der Waals surface area contributed by atoms with Crippen LogP contribution in [-0.4, -0.2) is 0 Å². The van der Waals surface area contributed by atoms with Crippen LogP contribution in [0.25, 0.3) is 38.0 Å². The van der Waals surface area contributed by atoms with Gasteiger partial charge in [-0.1, -0.05) is 12.1 Å². The zero-order chi connectivity index (χ0) is 16.8. The molecule has 3 heteroatoms. The number of aromatic nitrogens is 1. The number of fused-ring (bicyclic) bond motifs is 3. The van der Waals surface area contributed by atoms with Gasteiger partial charge in [-0.25, -0.2) is 9.41 Å². The van der Waals surface area contributed by atoms with Crippen LogP contribution in [0.5, 0.6) is 0 Å². The highest BCUT2D eigenvalue weighted by Crippen LogP contribution is 2.39. The molecule has 0 amide bonds. The largest absolute Gasteiger partial charge is 0.455 e. The predicted octanol–water partition coefficient (Wildman–Crippen LogP) is 5.25. The summed E-state index contributed by atoms with van der Waals surface area (Å²) >= 11 is 0. The van der Waals surface area contributed by atoms with Crippen molar-refractivity contribution in [1.82, 2.24) is 0 Å². The number of rotatable bonds is 1. The van der Waals surface area contributed by atoms with Gasteiger partial charge in [0.1, 0.15) is 18.2 Å². The Hall–Kier alpha value is -3.12. The van der Waals surface area contributed by atoms with Crippen LogP contribution in [0.15, 0.2) is 53.1 Å². The molecule has 0 unspecified atom stereocenters. The summed E-state index contributed by atoms with van der Waals surface area (Å²) in [4.78, 5) is 3.55. The van der Waals surface area contributed by atoms with E-state index in [0.29, 0.717) is 5.69 Å². The van der Waals surface area contributed by atoms with Crippen LogP contribution in [0, 0.1) is 20.4 Å². The minimum atomic E-state index is 0.636. The topological polar surface area (TPSA) is 21.4 Å². The Kier molecular flexibility index (Phi) is 3.14. The first-order valence-corrected chi connectivity index (χ1v) is 7.89. The lowest BCUT2D eigenvalue weighted by atomic mass is 9.97. The summed E-state index contributed by atoms with van der Waals surface area (Å²) in [5.74, 6) is 0. The molecule has 2 aromatic heterocycles. The monoisotopic (exact) mass is 313 g/mol. The quantitative estimate of drug-likeness (QED) is 0.347. The van der Waals surface area contributed by atoms with E-state index in [1.165, 1.54) is 11.1 Å². The molecule has 0 spiro atoms. The van der Waals surface area contributed by atoms with Crippen LogP contribution in [0.1, 0.15) is 11.1 Å². The Morgan fingerprint density at radius 3 is 2.62 bits per heavy atom. The minimum Gasteiger partial charge on any atom is -0.455 e. The molecule has 0 bridgehead atoms. The summed E-state index contributed by atoms with van der Waals surface area (Å²) in [7, 11) is 2.04. The van der Waals surface area contributed by atoms with Gasteiger partial charge in [0, 0.05) is 22.9 Å². The normalized spacial score (nSPS) is 11.1. The fraction of sp³-hybridized carbons (Fsp3) is 0.143. The number of benzene rings is 2. The van der Waals surface area contributed by atoms with Crippen LogP contribution in [0.3, 0.4) is 0 Å². The summed E-state index contributed by atoms with van der Waals surface area (Å²) in [6, 6.07) is 14.0. The third kappa shape index (κ3) is 2.00. The molecule has 4 rings (SSSR count). The molecule has 0 saturated carbocycles. The van der Waals surface area contributed by atoms with E-state index in [-0.39, 0.29) is 0 Å². The van der Waals surface area contributed by atoms with Crippen LogP contribution >= 0.6 is 0 Å². The van der Waals surface area contributed by atoms with Gasteiger partial charge in [0.05, 0.1) is 12.1 Å². The van der Waals surface area contributed by atoms with Gasteiger partial charge in [-0.2, -0.15) is 0 Å². The molecule has 0 atom stereocenters. The second-order valence-corrected chi connectivity index (χ2v) is 6.18. The van der Waals surface area contributed by atoms with Crippen molar-refractivity contribution in [2.75, 3.05) is 0 Å². The molecule has 2 heterocycles. The molecule has 4 aromatic rings. The third-order valence-electron chi connectivity index (χ3n) is 4.56. The number of nitrogens with zero attached hydrogens (tertiary/aromatic N) is 2. The van der Waals surface area contributed by atoms with Gasteiger partial charge < -0.3 is 4.42 Å². The van der Waals surface area contributed by atoms with Gasteiger partial charge in [-0.3, -0.25) is 0 Å². The first kappa shape index (κ1) is 14.5. The van der Waals surface area contributed by atoms with Crippen molar-refractivity contribution in [3.8, 4) is 11.3 Å². The molecule has 116 valence electrons. The van der Waals surface area contributed by atoms with Crippen molar-refractivity contribution in [3.63, 3.8) is 0 Å². The summed E-state index contributed by atoms with van der Waals surface area (Å²) in [5, 5.41) is 2.11.